The highest BCUT2D eigenvalue weighted by Gasteiger charge is 2.18. The SMILES string of the molecule is C=C(COc1ccc(NC(=C)c2cc(F)cc(N3CCC(C)CC3)c2)c2ccccc12)NN. The molecule has 0 saturated carbocycles. The molecule has 4 N–H and O–H groups in total. The summed E-state index contributed by atoms with van der Waals surface area (Å²) in [6.45, 7) is 12.4. The van der Waals surface area contributed by atoms with Gasteiger partial charge >= 0.3 is 0 Å². The zero-order valence-electron chi connectivity index (χ0n) is 19.0. The third-order valence-corrected chi connectivity index (χ3v) is 6.16. The molecule has 1 fully saturated rings. The van der Waals surface area contributed by atoms with E-state index < -0.39 is 0 Å². The van der Waals surface area contributed by atoms with Crippen molar-refractivity contribution in [2.45, 2.75) is 19.8 Å². The Hall–Kier alpha value is -3.51. The Kier molecular flexibility index (Phi) is 6.84. The van der Waals surface area contributed by atoms with E-state index in [1.165, 1.54) is 6.07 Å². The van der Waals surface area contributed by atoms with Gasteiger partial charge in [-0.1, -0.05) is 44.3 Å². The summed E-state index contributed by atoms with van der Waals surface area (Å²) in [5.41, 5.74) is 6.23. The van der Waals surface area contributed by atoms with Crippen LogP contribution in [-0.4, -0.2) is 19.7 Å². The van der Waals surface area contributed by atoms with E-state index in [0.717, 1.165) is 65.3 Å². The highest BCUT2D eigenvalue weighted by Crippen LogP contribution is 2.34. The van der Waals surface area contributed by atoms with Crippen LogP contribution in [0.5, 0.6) is 5.75 Å². The number of benzene rings is 3. The second-order valence-corrected chi connectivity index (χ2v) is 8.66. The fourth-order valence-corrected chi connectivity index (χ4v) is 4.15. The zero-order chi connectivity index (χ0) is 23.4. The maximum Gasteiger partial charge on any atom is 0.128 e. The van der Waals surface area contributed by atoms with Crippen LogP contribution in [0.2, 0.25) is 0 Å². The van der Waals surface area contributed by atoms with Gasteiger partial charge in [0.05, 0.1) is 5.70 Å². The van der Waals surface area contributed by atoms with Crippen LogP contribution in [0.25, 0.3) is 16.5 Å². The normalized spacial score (nSPS) is 14.2. The summed E-state index contributed by atoms with van der Waals surface area (Å²) >= 11 is 0. The molecule has 6 heteroatoms. The number of hydrazine groups is 1. The highest BCUT2D eigenvalue weighted by atomic mass is 19.1. The van der Waals surface area contributed by atoms with Crippen LogP contribution < -0.4 is 26.2 Å². The lowest BCUT2D eigenvalue weighted by Gasteiger charge is -2.32. The molecule has 1 aliphatic heterocycles. The van der Waals surface area contributed by atoms with Crippen LogP contribution in [-0.2, 0) is 0 Å². The Morgan fingerprint density at radius 2 is 1.82 bits per heavy atom. The Balaban J connectivity index is 1.57. The fourth-order valence-electron chi connectivity index (χ4n) is 4.15. The molecular formula is C27H31FN4O. The zero-order valence-corrected chi connectivity index (χ0v) is 19.0. The summed E-state index contributed by atoms with van der Waals surface area (Å²) < 4.78 is 20.4. The second kappa shape index (κ2) is 9.96. The van der Waals surface area contributed by atoms with Gasteiger partial charge in [0.1, 0.15) is 18.2 Å². The first-order valence-electron chi connectivity index (χ1n) is 11.3. The number of piperidine rings is 1. The van der Waals surface area contributed by atoms with E-state index in [2.05, 4.69) is 35.7 Å². The molecular weight excluding hydrogens is 415 g/mol. The second-order valence-electron chi connectivity index (χ2n) is 8.66. The summed E-state index contributed by atoms with van der Waals surface area (Å²) in [6.07, 6.45) is 2.25. The smallest absolute Gasteiger partial charge is 0.128 e. The largest absolute Gasteiger partial charge is 0.487 e. The molecule has 172 valence electrons. The molecule has 0 aliphatic carbocycles. The van der Waals surface area contributed by atoms with E-state index in [1.54, 1.807) is 6.07 Å². The lowest BCUT2D eigenvalue weighted by atomic mass is 9.98. The first-order chi connectivity index (χ1) is 15.9. The van der Waals surface area contributed by atoms with E-state index in [-0.39, 0.29) is 12.4 Å². The van der Waals surface area contributed by atoms with Crippen LogP contribution in [0, 0.1) is 11.7 Å². The van der Waals surface area contributed by atoms with Crippen LogP contribution in [0.15, 0.2) is 73.5 Å². The fraction of sp³-hybridized carbons (Fsp3) is 0.259. The molecule has 0 aromatic heterocycles. The number of ether oxygens (including phenoxy) is 1. The molecule has 5 nitrogen and oxygen atoms in total. The molecule has 0 bridgehead atoms. The van der Waals surface area contributed by atoms with E-state index in [1.807, 2.05) is 42.5 Å². The molecule has 0 radical (unpaired) electrons. The van der Waals surface area contributed by atoms with E-state index in [4.69, 9.17) is 10.6 Å². The number of anilines is 2. The van der Waals surface area contributed by atoms with Gasteiger partial charge in [-0.05, 0) is 49.1 Å². The lowest BCUT2D eigenvalue weighted by Crippen LogP contribution is -2.32. The molecule has 4 rings (SSSR count). The lowest BCUT2D eigenvalue weighted by molar-refractivity contribution is 0.347. The molecule has 1 heterocycles. The van der Waals surface area contributed by atoms with Gasteiger partial charge in [0.15, 0.2) is 0 Å². The number of nitrogens with one attached hydrogen (secondary N) is 2. The maximum atomic E-state index is 14.5. The van der Waals surface area contributed by atoms with Crippen LogP contribution in [0.4, 0.5) is 15.8 Å². The average Bonchev–Trinajstić information content (AvgIpc) is 2.83. The number of rotatable bonds is 8. The van der Waals surface area contributed by atoms with E-state index in [0.29, 0.717) is 11.4 Å². The van der Waals surface area contributed by atoms with Crippen molar-refractivity contribution in [2.24, 2.45) is 11.8 Å². The molecule has 1 aliphatic rings. The number of nitrogens with two attached hydrogens (primary N) is 1. The molecule has 3 aromatic rings. The van der Waals surface area contributed by atoms with Crippen LogP contribution >= 0.6 is 0 Å². The van der Waals surface area contributed by atoms with Crippen molar-refractivity contribution in [3.63, 3.8) is 0 Å². The first-order valence-corrected chi connectivity index (χ1v) is 11.3. The van der Waals surface area contributed by atoms with Crippen molar-refractivity contribution < 1.29 is 9.13 Å². The Morgan fingerprint density at radius 3 is 2.55 bits per heavy atom. The van der Waals surface area contributed by atoms with E-state index in [9.17, 15) is 4.39 Å². The summed E-state index contributed by atoms with van der Waals surface area (Å²) in [5, 5.41) is 5.31. The minimum Gasteiger partial charge on any atom is -0.487 e. The standard InChI is InChI=1S/C27H31FN4O/c1-18-10-12-32(13-11-18)23-15-21(14-22(28)16-23)20(3)30-26-8-9-27(33-17-19(2)31-29)25-7-5-4-6-24(25)26/h4-9,14-16,18,30-31H,2-3,10-13,17,29H2,1H3. The third-order valence-electron chi connectivity index (χ3n) is 6.16. The number of hydrogen-bond donors (Lipinski definition) is 3. The highest BCUT2D eigenvalue weighted by molar-refractivity contribution is 6.00. The minimum atomic E-state index is -0.258. The van der Waals surface area contributed by atoms with E-state index >= 15 is 0 Å². The van der Waals surface area contributed by atoms with Gasteiger partial charge in [0, 0.05) is 46.5 Å². The molecule has 0 spiro atoms. The topological polar surface area (TPSA) is 62.5 Å². The maximum absolute atomic E-state index is 14.5. The number of hydrogen-bond acceptors (Lipinski definition) is 5. The quantitative estimate of drug-likeness (QED) is 0.308. The number of nitrogens with zero attached hydrogens (tertiary/aromatic N) is 1. The predicted octanol–water partition coefficient (Wildman–Crippen LogP) is 5.65. The molecule has 0 unspecified atom stereocenters. The van der Waals surface area contributed by atoms with Crippen LogP contribution in [0.1, 0.15) is 25.3 Å². The minimum absolute atomic E-state index is 0.258. The van der Waals surface area contributed by atoms with Crippen LogP contribution in [0.3, 0.4) is 0 Å². The van der Waals surface area contributed by atoms with Crippen molar-refractivity contribution in [2.75, 3.05) is 29.9 Å². The monoisotopic (exact) mass is 446 g/mol. The molecule has 0 amide bonds. The van der Waals surface area contributed by atoms with Crippen molar-refractivity contribution in [1.29, 1.82) is 0 Å². The van der Waals surface area contributed by atoms with Gasteiger partial charge in [-0.15, -0.1) is 0 Å². The third kappa shape index (κ3) is 5.29. The van der Waals surface area contributed by atoms with Crippen molar-refractivity contribution >= 4 is 27.8 Å². The number of halogens is 1. The van der Waals surface area contributed by atoms with Gasteiger partial charge in [0.2, 0.25) is 0 Å². The van der Waals surface area contributed by atoms with Gasteiger partial charge in [-0.25, -0.2) is 4.39 Å². The average molecular weight is 447 g/mol. The van der Waals surface area contributed by atoms with Crippen molar-refractivity contribution in [3.05, 3.63) is 84.8 Å². The van der Waals surface area contributed by atoms with Crippen molar-refractivity contribution in [3.8, 4) is 5.75 Å². The van der Waals surface area contributed by atoms with Gasteiger partial charge in [0.25, 0.3) is 0 Å². The molecule has 33 heavy (non-hydrogen) atoms. The summed E-state index contributed by atoms with van der Waals surface area (Å²) in [5.74, 6) is 6.57. The Bertz CT molecular complexity index is 1170. The molecule has 3 aromatic carbocycles. The summed E-state index contributed by atoms with van der Waals surface area (Å²) in [4.78, 5) is 2.26. The number of fused-ring (bicyclic) bond motifs is 1. The van der Waals surface area contributed by atoms with Crippen molar-refractivity contribution in [1.82, 2.24) is 5.43 Å². The Labute approximate surface area is 194 Å². The predicted molar refractivity (Wildman–Crippen MR) is 136 cm³/mol. The van der Waals surface area contributed by atoms with Gasteiger partial charge in [-0.3, -0.25) is 5.84 Å². The Morgan fingerprint density at radius 1 is 1.09 bits per heavy atom. The summed E-state index contributed by atoms with van der Waals surface area (Å²) in [6, 6.07) is 16.9. The molecule has 1 saturated heterocycles. The molecule has 0 atom stereocenters. The van der Waals surface area contributed by atoms with Gasteiger partial charge in [-0.2, -0.15) is 0 Å². The van der Waals surface area contributed by atoms with Gasteiger partial charge < -0.3 is 20.4 Å². The first kappa shape index (κ1) is 22.7. The summed E-state index contributed by atoms with van der Waals surface area (Å²) in [7, 11) is 0.